The van der Waals surface area contributed by atoms with Gasteiger partial charge in [0, 0.05) is 0 Å². The van der Waals surface area contributed by atoms with Gasteiger partial charge in [-0.3, -0.25) is 0 Å². The average Bonchev–Trinajstić information content (AvgIpc) is 2.80. The quantitative estimate of drug-likeness (QED) is 0.665. The van der Waals surface area contributed by atoms with Gasteiger partial charge in [-0.05, 0) is 26.7 Å². The SMILES string of the molecule is COC(=O)c1cnc(C#CCNC(=O)OC(C)(C)C)s1. The molecule has 0 bridgehead atoms. The molecule has 1 heterocycles. The van der Waals surface area contributed by atoms with E-state index in [1.807, 2.05) is 0 Å². The van der Waals surface area contributed by atoms with Crippen LogP contribution in [0.25, 0.3) is 0 Å². The lowest BCUT2D eigenvalue weighted by molar-refractivity contribution is 0.0533. The molecule has 0 aliphatic carbocycles. The maximum Gasteiger partial charge on any atom is 0.408 e. The summed E-state index contributed by atoms with van der Waals surface area (Å²) in [4.78, 5) is 26.9. The molecule has 0 saturated heterocycles. The Morgan fingerprint density at radius 3 is 2.75 bits per heavy atom. The fourth-order valence-corrected chi connectivity index (χ4v) is 1.79. The van der Waals surface area contributed by atoms with Crippen LogP contribution in [-0.4, -0.2) is 36.3 Å². The molecule has 0 aromatic carbocycles. The van der Waals surface area contributed by atoms with E-state index in [0.29, 0.717) is 9.88 Å². The zero-order valence-corrected chi connectivity index (χ0v) is 12.6. The standard InChI is InChI=1S/C13H16N2O4S/c1-13(2,3)19-12(17)14-7-5-6-10-15-8-9(20-10)11(16)18-4/h8H,7H2,1-4H3,(H,14,17). The molecule has 0 radical (unpaired) electrons. The zero-order valence-electron chi connectivity index (χ0n) is 11.8. The van der Waals surface area contributed by atoms with Gasteiger partial charge in [0.15, 0.2) is 5.01 Å². The minimum atomic E-state index is -0.539. The van der Waals surface area contributed by atoms with Crippen LogP contribution in [-0.2, 0) is 9.47 Å². The maximum atomic E-state index is 11.3. The Labute approximate surface area is 121 Å². The predicted molar refractivity (Wildman–Crippen MR) is 74.6 cm³/mol. The van der Waals surface area contributed by atoms with Gasteiger partial charge in [0.25, 0.3) is 0 Å². The largest absolute Gasteiger partial charge is 0.465 e. The first-order valence-electron chi connectivity index (χ1n) is 5.81. The lowest BCUT2D eigenvalue weighted by atomic mass is 10.2. The lowest BCUT2D eigenvalue weighted by Gasteiger charge is -2.18. The number of nitrogens with one attached hydrogen (secondary N) is 1. The van der Waals surface area contributed by atoms with E-state index in [9.17, 15) is 9.59 Å². The summed E-state index contributed by atoms with van der Waals surface area (Å²) >= 11 is 1.13. The molecule has 0 saturated carbocycles. The van der Waals surface area contributed by atoms with E-state index in [0.717, 1.165) is 11.3 Å². The Morgan fingerprint density at radius 1 is 1.45 bits per heavy atom. The van der Waals surface area contributed by atoms with Crippen LogP contribution in [0.1, 0.15) is 35.5 Å². The van der Waals surface area contributed by atoms with Gasteiger partial charge in [-0.15, -0.1) is 0 Å². The van der Waals surface area contributed by atoms with Crippen molar-refractivity contribution in [1.82, 2.24) is 10.3 Å². The minimum absolute atomic E-state index is 0.141. The molecular weight excluding hydrogens is 280 g/mol. The molecular formula is C13H16N2O4S. The van der Waals surface area contributed by atoms with Crippen molar-refractivity contribution in [3.05, 3.63) is 16.1 Å². The minimum Gasteiger partial charge on any atom is -0.465 e. The second kappa shape index (κ2) is 6.91. The van der Waals surface area contributed by atoms with Gasteiger partial charge in [-0.25, -0.2) is 14.6 Å². The van der Waals surface area contributed by atoms with Gasteiger partial charge < -0.3 is 14.8 Å². The summed E-state index contributed by atoms with van der Waals surface area (Å²) in [5.41, 5.74) is -0.539. The highest BCUT2D eigenvalue weighted by Gasteiger charge is 2.15. The van der Waals surface area contributed by atoms with E-state index in [2.05, 4.69) is 26.9 Å². The molecule has 0 fully saturated rings. The highest BCUT2D eigenvalue weighted by atomic mass is 32.1. The molecule has 20 heavy (non-hydrogen) atoms. The number of thiazole rings is 1. The monoisotopic (exact) mass is 296 g/mol. The first kappa shape index (κ1) is 16.0. The number of aromatic nitrogens is 1. The van der Waals surface area contributed by atoms with Gasteiger partial charge in [-0.2, -0.15) is 0 Å². The summed E-state index contributed by atoms with van der Waals surface area (Å²) in [5.74, 6) is 5.02. The normalized spacial score (nSPS) is 10.2. The maximum absolute atomic E-state index is 11.3. The molecule has 0 aliphatic rings. The molecule has 7 heteroatoms. The molecule has 1 amide bonds. The Hall–Kier alpha value is -2.07. The highest BCUT2D eigenvalue weighted by molar-refractivity contribution is 7.14. The van der Waals surface area contributed by atoms with Crippen LogP contribution >= 0.6 is 11.3 Å². The number of methoxy groups -OCH3 is 1. The van der Waals surface area contributed by atoms with Crippen LogP contribution in [0, 0.1) is 11.8 Å². The number of alkyl carbamates (subject to hydrolysis) is 1. The van der Waals surface area contributed by atoms with Crippen LogP contribution in [0.4, 0.5) is 4.79 Å². The van der Waals surface area contributed by atoms with Crippen LogP contribution in [0.3, 0.4) is 0 Å². The smallest absolute Gasteiger partial charge is 0.408 e. The number of carbonyl (C=O) groups is 2. The number of hydrogen-bond acceptors (Lipinski definition) is 6. The number of ether oxygens (including phenoxy) is 2. The fourth-order valence-electron chi connectivity index (χ4n) is 1.08. The van der Waals surface area contributed by atoms with Crippen LogP contribution in [0.2, 0.25) is 0 Å². The highest BCUT2D eigenvalue weighted by Crippen LogP contribution is 2.12. The second-order valence-corrected chi connectivity index (χ2v) is 5.71. The van der Waals surface area contributed by atoms with Gasteiger partial charge in [0.05, 0.1) is 19.9 Å². The Kier molecular flexibility index (Phi) is 5.53. The zero-order chi connectivity index (χ0) is 15.2. The van der Waals surface area contributed by atoms with Crippen molar-refractivity contribution in [1.29, 1.82) is 0 Å². The number of nitrogens with zero attached hydrogens (tertiary/aromatic N) is 1. The molecule has 0 spiro atoms. The Balaban J connectivity index is 2.45. The van der Waals surface area contributed by atoms with Crippen molar-refractivity contribution in [3.63, 3.8) is 0 Å². The third kappa shape index (κ3) is 5.71. The van der Waals surface area contributed by atoms with E-state index in [1.54, 1.807) is 20.8 Å². The third-order valence-electron chi connectivity index (χ3n) is 1.81. The molecule has 6 nitrogen and oxygen atoms in total. The predicted octanol–water partition coefficient (Wildman–Crippen LogP) is 1.81. The number of hydrogen-bond donors (Lipinski definition) is 1. The van der Waals surface area contributed by atoms with Crippen molar-refractivity contribution in [2.24, 2.45) is 0 Å². The van der Waals surface area contributed by atoms with Crippen molar-refractivity contribution in [3.8, 4) is 11.8 Å². The Morgan fingerprint density at radius 2 is 2.15 bits per heavy atom. The summed E-state index contributed by atoms with van der Waals surface area (Å²) in [5, 5.41) is 2.98. The van der Waals surface area contributed by atoms with Crippen molar-refractivity contribution < 1.29 is 19.1 Å². The first-order valence-corrected chi connectivity index (χ1v) is 6.63. The molecule has 108 valence electrons. The van der Waals surface area contributed by atoms with E-state index in [-0.39, 0.29) is 6.54 Å². The molecule has 1 rings (SSSR count). The molecule has 1 aromatic heterocycles. The molecule has 0 aliphatic heterocycles. The summed E-state index contributed by atoms with van der Waals surface area (Å²) < 4.78 is 9.61. The Bertz CT molecular complexity index is 549. The number of esters is 1. The van der Waals surface area contributed by atoms with Crippen LogP contribution in [0.15, 0.2) is 6.20 Å². The summed E-state index contributed by atoms with van der Waals surface area (Å²) in [7, 11) is 1.30. The van der Waals surface area contributed by atoms with Gasteiger partial charge in [-0.1, -0.05) is 17.3 Å². The lowest BCUT2D eigenvalue weighted by Crippen LogP contribution is -2.32. The third-order valence-corrected chi connectivity index (χ3v) is 2.70. The van der Waals surface area contributed by atoms with E-state index >= 15 is 0 Å². The topological polar surface area (TPSA) is 77.5 Å². The van der Waals surface area contributed by atoms with Gasteiger partial charge in [0.2, 0.25) is 0 Å². The van der Waals surface area contributed by atoms with Gasteiger partial charge in [0.1, 0.15) is 10.5 Å². The first-order chi connectivity index (χ1) is 9.31. The summed E-state index contributed by atoms with van der Waals surface area (Å²) in [6, 6.07) is 0. The summed E-state index contributed by atoms with van der Waals surface area (Å²) in [6.45, 7) is 5.48. The summed E-state index contributed by atoms with van der Waals surface area (Å²) in [6.07, 6.45) is 0.878. The molecule has 1 aromatic rings. The van der Waals surface area contributed by atoms with Gasteiger partial charge >= 0.3 is 12.1 Å². The molecule has 1 N–H and O–H groups in total. The fraction of sp³-hybridized carbons (Fsp3) is 0.462. The van der Waals surface area contributed by atoms with E-state index in [4.69, 9.17) is 4.74 Å². The average molecular weight is 296 g/mol. The van der Waals surface area contributed by atoms with Crippen molar-refractivity contribution in [2.75, 3.05) is 13.7 Å². The number of rotatable bonds is 2. The van der Waals surface area contributed by atoms with E-state index in [1.165, 1.54) is 13.3 Å². The van der Waals surface area contributed by atoms with E-state index < -0.39 is 17.7 Å². The second-order valence-electron chi connectivity index (χ2n) is 4.68. The van der Waals surface area contributed by atoms with Crippen LogP contribution < -0.4 is 5.32 Å². The van der Waals surface area contributed by atoms with Crippen LogP contribution in [0.5, 0.6) is 0 Å². The van der Waals surface area contributed by atoms with Crippen molar-refractivity contribution >= 4 is 23.4 Å². The molecule has 0 unspecified atom stereocenters. The van der Waals surface area contributed by atoms with Crippen molar-refractivity contribution in [2.45, 2.75) is 26.4 Å². The number of carbonyl (C=O) groups excluding carboxylic acids is 2. The molecule has 0 atom stereocenters. The number of amides is 1.